The average molecular weight is 278 g/mol. The molecule has 0 aliphatic carbocycles. The predicted molar refractivity (Wildman–Crippen MR) is 69.5 cm³/mol. The van der Waals surface area contributed by atoms with Crippen LogP contribution in [0.25, 0.3) is 0 Å². The van der Waals surface area contributed by atoms with Crippen LogP contribution in [0.3, 0.4) is 0 Å². The van der Waals surface area contributed by atoms with Crippen LogP contribution in [-0.2, 0) is 9.84 Å². The topological polar surface area (TPSA) is 55.4 Å². The molecule has 1 aromatic rings. The molecule has 1 unspecified atom stereocenters. The number of sulfone groups is 1. The molecule has 1 aromatic carbocycles. The van der Waals surface area contributed by atoms with Crippen molar-refractivity contribution in [3.63, 3.8) is 0 Å². The Bertz CT molecular complexity index is 487. The Labute approximate surface area is 107 Å². The van der Waals surface area contributed by atoms with Crippen LogP contribution in [-0.4, -0.2) is 34.6 Å². The number of halogens is 1. The van der Waals surface area contributed by atoms with Gasteiger partial charge in [-0.25, -0.2) is 8.42 Å². The Kier molecular flexibility index (Phi) is 4.80. The average Bonchev–Trinajstić information content (AvgIpc) is 2.24. The van der Waals surface area contributed by atoms with Crippen molar-refractivity contribution < 1.29 is 13.2 Å². The number of benzene rings is 1. The summed E-state index contributed by atoms with van der Waals surface area (Å²) in [5, 5.41) is 3.51. The number of methoxy groups -OCH3 is 1. The summed E-state index contributed by atoms with van der Waals surface area (Å²) in [5.41, 5.74) is 0.743. The van der Waals surface area contributed by atoms with Gasteiger partial charge < -0.3 is 10.1 Å². The summed E-state index contributed by atoms with van der Waals surface area (Å²) < 4.78 is 27.9. The van der Waals surface area contributed by atoms with Crippen LogP contribution in [0.15, 0.2) is 18.2 Å². The Morgan fingerprint density at radius 1 is 1.47 bits per heavy atom. The van der Waals surface area contributed by atoms with Crippen LogP contribution in [0, 0.1) is 0 Å². The van der Waals surface area contributed by atoms with E-state index < -0.39 is 9.84 Å². The van der Waals surface area contributed by atoms with Crippen molar-refractivity contribution in [2.45, 2.75) is 6.04 Å². The highest BCUT2D eigenvalue weighted by atomic mass is 35.5. The van der Waals surface area contributed by atoms with E-state index >= 15 is 0 Å². The number of hydrogen-bond donors (Lipinski definition) is 1. The molecular weight excluding hydrogens is 262 g/mol. The third kappa shape index (κ3) is 4.18. The van der Waals surface area contributed by atoms with Gasteiger partial charge in [-0.1, -0.05) is 11.6 Å². The summed E-state index contributed by atoms with van der Waals surface area (Å²) in [4.78, 5) is 0. The number of nitrogens with one attached hydrogen (secondary N) is 1. The lowest BCUT2D eigenvalue weighted by Crippen LogP contribution is -2.25. The highest BCUT2D eigenvalue weighted by molar-refractivity contribution is 7.90. The number of ether oxygens (including phenoxy) is 1. The molecule has 1 atom stereocenters. The molecule has 0 saturated heterocycles. The molecule has 0 heterocycles. The minimum Gasteiger partial charge on any atom is -0.496 e. The zero-order valence-corrected chi connectivity index (χ0v) is 11.6. The van der Waals surface area contributed by atoms with E-state index in [9.17, 15) is 8.42 Å². The Balaban J connectivity index is 3.14. The smallest absolute Gasteiger partial charge is 0.149 e. The van der Waals surface area contributed by atoms with Gasteiger partial charge in [0.25, 0.3) is 0 Å². The lowest BCUT2D eigenvalue weighted by molar-refractivity contribution is 0.404. The Morgan fingerprint density at radius 2 is 2.12 bits per heavy atom. The molecule has 0 aromatic heterocycles. The molecule has 1 N–H and O–H groups in total. The van der Waals surface area contributed by atoms with Gasteiger partial charge in [-0.05, 0) is 25.2 Å². The van der Waals surface area contributed by atoms with Crippen LogP contribution in [0.4, 0.5) is 0 Å². The summed E-state index contributed by atoms with van der Waals surface area (Å²) >= 11 is 5.91. The Morgan fingerprint density at radius 3 is 2.59 bits per heavy atom. The number of hydrogen-bond acceptors (Lipinski definition) is 4. The van der Waals surface area contributed by atoms with Gasteiger partial charge >= 0.3 is 0 Å². The van der Waals surface area contributed by atoms with E-state index in [1.165, 1.54) is 6.26 Å². The highest BCUT2D eigenvalue weighted by Gasteiger charge is 2.19. The molecular formula is C11H16ClNO3S. The minimum atomic E-state index is -3.08. The van der Waals surface area contributed by atoms with Gasteiger partial charge in [-0.3, -0.25) is 0 Å². The SMILES string of the molecule is CNC(CS(C)(=O)=O)c1cc(Cl)ccc1OC. The number of rotatable bonds is 5. The third-order valence-corrected chi connectivity index (χ3v) is 3.56. The van der Waals surface area contributed by atoms with E-state index in [-0.39, 0.29) is 11.8 Å². The molecule has 1 rings (SSSR count). The second kappa shape index (κ2) is 5.71. The van der Waals surface area contributed by atoms with Gasteiger partial charge in [0.05, 0.1) is 12.9 Å². The fraction of sp³-hybridized carbons (Fsp3) is 0.455. The monoisotopic (exact) mass is 277 g/mol. The van der Waals surface area contributed by atoms with E-state index in [0.717, 1.165) is 5.56 Å². The van der Waals surface area contributed by atoms with Crippen LogP contribution < -0.4 is 10.1 Å². The zero-order chi connectivity index (χ0) is 13.1. The quantitative estimate of drug-likeness (QED) is 0.889. The highest BCUT2D eigenvalue weighted by Crippen LogP contribution is 2.28. The van der Waals surface area contributed by atoms with Crippen molar-refractivity contribution in [2.24, 2.45) is 0 Å². The van der Waals surface area contributed by atoms with Crippen LogP contribution in [0.2, 0.25) is 5.02 Å². The minimum absolute atomic E-state index is 0.000201. The van der Waals surface area contributed by atoms with Crippen molar-refractivity contribution in [1.82, 2.24) is 5.32 Å². The van der Waals surface area contributed by atoms with Crippen molar-refractivity contribution in [2.75, 3.05) is 26.2 Å². The standard InChI is InChI=1S/C11H16ClNO3S/c1-13-10(7-17(3,14)15)9-6-8(12)4-5-11(9)16-2/h4-6,10,13H,7H2,1-3H3. The predicted octanol–water partition coefficient (Wildman–Crippen LogP) is 1.65. The summed E-state index contributed by atoms with van der Waals surface area (Å²) in [6, 6.07) is 4.81. The summed E-state index contributed by atoms with van der Waals surface area (Å²) in [5.74, 6) is 0.623. The van der Waals surface area contributed by atoms with Gasteiger partial charge in [0.2, 0.25) is 0 Å². The molecule has 0 radical (unpaired) electrons. The summed E-state index contributed by atoms with van der Waals surface area (Å²) in [6.45, 7) is 0. The van der Waals surface area contributed by atoms with Crippen LogP contribution in [0.1, 0.15) is 11.6 Å². The largest absolute Gasteiger partial charge is 0.496 e. The molecule has 96 valence electrons. The molecule has 0 bridgehead atoms. The molecule has 4 nitrogen and oxygen atoms in total. The molecule has 0 aliphatic heterocycles. The molecule has 6 heteroatoms. The van der Waals surface area contributed by atoms with Gasteiger partial charge in [-0.15, -0.1) is 0 Å². The van der Waals surface area contributed by atoms with Gasteiger partial charge in [0.15, 0.2) is 0 Å². The summed E-state index contributed by atoms with van der Waals surface area (Å²) in [6.07, 6.45) is 1.20. The van der Waals surface area contributed by atoms with Gasteiger partial charge in [0, 0.05) is 22.9 Å². The lowest BCUT2D eigenvalue weighted by atomic mass is 10.1. The zero-order valence-electron chi connectivity index (χ0n) is 10.0. The molecule has 0 spiro atoms. The maximum atomic E-state index is 11.3. The fourth-order valence-corrected chi connectivity index (χ4v) is 2.74. The first kappa shape index (κ1) is 14.3. The van der Waals surface area contributed by atoms with Crippen molar-refractivity contribution >= 4 is 21.4 Å². The normalized spacial score (nSPS) is 13.4. The van der Waals surface area contributed by atoms with Crippen molar-refractivity contribution in [1.29, 1.82) is 0 Å². The van der Waals surface area contributed by atoms with E-state index in [2.05, 4.69) is 5.32 Å². The van der Waals surface area contributed by atoms with E-state index in [4.69, 9.17) is 16.3 Å². The molecule has 0 fully saturated rings. The van der Waals surface area contributed by atoms with Gasteiger partial charge in [-0.2, -0.15) is 0 Å². The third-order valence-electron chi connectivity index (χ3n) is 2.39. The summed E-state index contributed by atoms with van der Waals surface area (Å²) in [7, 11) is 0.164. The van der Waals surface area contributed by atoms with E-state index in [1.807, 2.05) is 0 Å². The lowest BCUT2D eigenvalue weighted by Gasteiger charge is -2.18. The van der Waals surface area contributed by atoms with Crippen molar-refractivity contribution in [3.8, 4) is 5.75 Å². The molecule has 0 amide bonds. The van der Waals surface area contributed by atoms with Crippen LogP contribution >= 0.6 is 11.6 Å². The second-order valence-electron chi connectivity index (χ2n) is 3.82. The molecule has 17 heavy (non-hydrogen) atoms. The maximum absolute atomic E-state index is 11.3. The fourth-order valence-electron chi connectivity index (χ4n) is 1.61. The van der Waals surface area contributed by atoms with Crippen LogP contribution in [0.5, 0.6) is 5.75 Å². The molecule has 0 saturated carbocycles. The first-order chi connectivity index (χ1) is 7.87. The first-order valence-electron chi connectivity index (χ1n) is 5.06. The second-order valence-corrected chi connectivity index (χ2v) is 6.44. The first-order valence-corrected chi connectivity index (χ1v) is 7.49. The molecule has 0 aliphatic rings. The van der Waals surface area contributed by atoms with Crippen molar-refractivity contribution in [3.05, 3.63) is 28.8 Å². The maximum Gasteiger partial charge on any atom is 0.149 e. The van der Waals surface area contributed by atoms with E-state index in [0.29, 0.717) is 10.8 Å². The van der Waals surface area contributed by atoms with Gasteiger partial charge in [0.1, 0.15) is 15.6 Å². The Hall–Kier alpha value is -0.780. The van der Waals surface area contributed by atoms with E-state index in [1.54, 1.807) is 32.4 Å².